The Morgan fingerprint density at radius 2 is 2.05 bits per heavy atom. The molecular formula is C12H10BrClN2O2S. The van der Waals surface area contributed by atoms with E-state index in [0.29, 0.717) is 15.1 Å². The molecule has 0 aliphatic rings. The molecule has 0 radical (unpaired) electrons. The van der Waals surface area contributed by atoms with Crippen molar-refractivity contribution in [1.82, 2.24) is 4.98 Å². The first-order chi connectivity index (χ1) is 8.90. The molecule has 0 aliphatic heterocycles. The van der Waals surface area contributed by atoms with Crippen molar-refractivity contribution in [3.05, 3.63) is 51.7 Å². The summed E-state index contributed by atoms with van der Waals surface area (Å²) in [5, 5.41) is 0.319. The summed E-state index contributed by atoms with van der Waals surface area (Å²) in [5.74, 6) is -0.213. The van der Waals surface area contributed by atoms with Crippen LogP contribution in [0.1, 0.15) is 5.56 Å². The van der Waals surface area contributed by atoms with Crippen LogP contribution >= 0.6 is 27.5 Å². The number of anilines is 1. The van der Waals surface area contributed by atoms with E-state index in [-0.39, 0.29) is 16.3 Å². The topological polar surface area (TPSA) is 73.1 Å². The number of sulfone groups is 1. The molecule has 0 atom stereocenters. The fourth-order valence-corrected chi connectivity index (χ4v) is 3.91. The molecule has 1 heterocycles. The van der Waals surface area contributed by atoms with Gasteiger partial charge in [-0.25, -0.2) is 8.42 Å². The highest BCUT2D eigenvalue weighted by Gasteiger charge is 2.20. The molecule has 7 heteroatoms. The Labute approximate surface area is 124 Å². The second-order valence-corrected chi connectivity index (χ2v) is 7.19. The van der Waals surface area contributed by atoms with Gasteiger partial charge in [-0.3, -0.25) is 4.98 Å². The highest BCUT2D eigenvalue weighted by atomic mass is 79.9. The third-order valence-electron chi connectivity index (χ3n) is 2.51. The van der Waals surface area contributed by atoms with E-state index >= 15 is 0 Å². The third-order valence-corrected chi connectivity index (χ3v) is 5.06. The van der Waals surface area contributed by atoms with Crippen molar-refractivity contribution < 1.29 is 8.42 Å². The zero-order valence-electron chi connectivity index (χ0n) is 9.68. The second-order valence-electron chi connectivity index (χ2n) is 3.91. The number of nitrogens with zero attached hydrogens (tertiary/aromatic N) is 1. The Morgan fingerprint density at radius 1 is 1.32 bits per heavy atom. The van der Waals surface area contributed by atoms with Crippen molar-refractivity contribution >= 4 is 43.1 Å². The van der Waals surface area contributed by atoms with Crippen LogP contribution in [0.2, 0.25) is 5.02 Å². The van der Waals surface area contributed by atoms with Gasteiger partial charge in [0.1, 0.15) is 0 Å². The SMILES string of the molecule is Nc1ccc(Br)cc1S(=O)(=O)Cc1ccncc1Cl. The van der Waals surface area contributed by atoms with Gasteiger partial charge in [0, 0.05) is 16.9 Å². The number of rotatable bonds is 3. The van der Waals surface area contributed by atoms with Crippen molar-refractivity contribution in [3.8, 4) is 0 Å². The Kier molecular flexibility index (Phi) is 4.13. The lowest BCUT2D eigenvalue weighted by Gasteiger charge is -2.09. The lowest BCUT2D eigenvalue weighted by atomic mass is 10.3. The van der Waals surface area contributed by atoms with Crippen LogP contribution in [0.4, 0.5) is 5.69 Å². The fraction of sp³-hybridized carbons (Fsp3) is 0.0833. The quantitative estimate of drug-likeness (QED) is 0.853. The molecule has 0 unspecified atom stereocenters. The van der Waals surface area contributed by atoms with Crippen molar-refractivity contribution in [3.63, 3.8) is 0 Å². The summed E-state index contributed by atoms with van der Waals surface area (Å²) >= 11 is 9.15. The van der Waals surface area contributed by atoms with E-state index in [9.17, 15) is 8.42 Å². The second kappa shape index (κ2) is 5.48. The zero-order chi connectivity index (χ0) is 14.0. The summed E-state index contributed by atoms with van der Waals surface area (Å²) in [7, 11) is -3.56. The summed E-state index contributed by atoms with van der Waals surface area (Å²) in [6.07, 6.45) is 2.91. The highest BCUT2D eigenvalue weighted by molar-refractivity contribution is 9.10. The highest BCUT2D eigenvalue weighted by Crippen LogP contribution is 2.27. The maximum atomic E-state index is 12.3. The molecule has 1 aromatic carbocycles. The zero-order valence-corrected chi connectivity index (χ0v) is 12.8. The number of hydrogen-bond donors (Lipinski definition) is 1. The minimum Gasteiger partial charge on any atom is -0.398 e. The summed E-state index contributed by atoms with van der Waals surface area (Å²) < 4.78 is 25.3. The third kappa shape index (κ3) is 3.26. The number of halogens is 2. The predicted molar refractivity (Wildman–Crippen MR) is 78.7 cm³/mol. The van der Waals surface area contributed by atoms with Gasteiger partial charge in [-0.2, -0.15) is 0 Å². The van der Waals surface area contributed by atoms with Crippen LogP contribution in [0.25, 0.3) is 0 Å². The van der Waals surface area contributed by atoms with Crippen LogP contribution in [-0.2, 0) is 15.6 Å². The Bertz CT molecular complexity index is 719. The van der Waals surface area contributed by atoms with Gasteiger partial charge in [0.05, 0.1) is 21.4 Å². The van der Waals surface area contributed by atoms with E-state index in [2.05, 4.69) is 20.9 Å². The average molecular weight is 362 g/mol. The van der Waals surface area contributed by atoms with Gasteiger partial charge < -0.3 is 5.73 Å². The standard InChI is InChI=1S/C12H10BrClN2O2S/c13-9-1-2-11(15)12(5-9)19(17,18)7-8-3-4-16-6-10(8)14/h1-6H,7,15H2. The van der Waals surface area contributed by atoms with Gasteiger partial charge in [-0.05, 0) is 29.8 Å². The molecule has 2 aromatic rings. The Morgan fingerprint density at radius 3 is 2.74 bits per heavy atom. The van der Waals surface area contributed by atoms with Gasteiger partial charge in [0.2, 0.25) is 0 Å². The largest absolute Gasteiger partial charge is 0.398 e. The maximum absolute atomic E-state index is 12.3. The molecule has 0 amide bonds. The Balaban J connectivity index is 2.44. The first kappa shape index (κ1) is 14.3. The molecule has 0 saturated carbocycles. The summed E-state index contributed by atoms with van der Waals surface area (Å²) in [6.45, 7) is 0. The van der Waals surface area contributed by atoms with Crippen LogP contribution in [0.15, 0.2) is 46.0 Å². The van der Waals surface area contributed by atoms with Crippen LogP contribution in [0.3, 0.4) is 0 Å². The first-order valence-corrected chi connectivity index (χ1v) is 8.08. The number of nitrogens with two attached hydrogens (primary N) is 1. The van der Waals surface area contributed by atoms with Gasteiger partial charge in [0.25, 0.3) is 0 Å². The molecule has 0 fully saturated rings. The number of benzene rings is 1. The van der Waals surface area contributed by atoms with Crippen molar-refractivity contribution in [2.45, 2.75) is 10.6 Å². The van der Waals surface area contributed by atoms with Crippen LogP contribution < -0.4 is 5.73 Å². The minimum atomic E-state index is -3.56. The van der Waals surface area contributed by atoms with E-state index in [1.54, 1.807) is 18.2 Å². The van der Waals surface area contributed by atoms with Crippen LogP contribution in [-0.4, -0.2) is 13.4 Å². The van der Waals surface area contributed by atoms with E-state index < -0.39 is 9.84 Å². The van der Waals surface area contributed by atoms with Gasteiger partial charge in [-0.15, -0.1) is 0 Å². The normalized spacial score (nSPS) is 11.5. The molecule has 2 rings (SSSR count). The van der Waals surface area contributed by atoms with E-state index in [4.69, 9.17) is 17.3 Å². The molecule has 4 nitrogen and oxygen atoms in total. The number of pyridine rings is 1. The Hall–Kier alpha value is -1.11. The molecule has 0 bridgehead atoms. The van der Waals surface area contributed by atoms with Crippen LogP contribution in [0.5, 0.6) is 0 Å². The van der Waals surface area contributed by atoms with E-state index in [1.165, 1.54) is 18.5 Å². The maximum Gasteiger partial charge on any atom is 0.184 e. The first-order valence-electron chi connectivity index (χ1n) is 5.26. The minimum absolute atomic E-state index is 0.0924. The van der Waals surface area contributed by atoms with Crippen LogP contribution in [0, 0.1) is 0 Å². The molecule has 0 aliphatic carbocycles. The van der Waals surface area contributed by atoms with Gasteiger partial charge in [0.15, 0.2) is 9.84 Å². The van der Waals surface area contributed by atoms with E-state index in [0.717, 1.165) is 0 Å². The monoisotopic (exact) mass is 360 g/mol. The molecule has 100 valence electrons. The molecule has 0 saturated heterocycles. The lowest BCUT2D eigenvalue weighted by molar-refractivity contribution is 0.595. The molecule has 1 aromatic heterocycles. The number of aromatic nitrogens is 1. The summed E-state index contributed by atoms with van der Waals surface area (Å²) in [6, 6.07) is 6.30. The van der Waals surface area contributed by atoms with Gasteiger partial charge >= 0.3 is 0 Å². The summed E-state index contributed by atoms with van der Waals surface area (Å²) in [4.78, 5) is 3.91. The number of nitrogen functional groups attached to an aromatic ring is 1. The predicted octanol–water partition coefficient (Wildman–Crippen LogP) is 3.05. The molecular weight excluding hydrogens is 352 g/mol. The van der Waals surface area contributed by atoms with E-state index in [1.807, 2.05) is 0 Å². The van der Waals surface area contributed by atoms with Crippen molar-refractivity contribution in [1.29, 1.82) is 0 Å². The smallest absolute Gasteiger partial charge is 0.184 e. The fourth-order valence-electron chi connectivity index (χ4n) is 1.58. The average Bonchev–Trinajstić information content (AvgIpc) is 2.35. The van der Waals surface area contributed by atoms with Gasteiger partial charge in [-0.1, -0.05) is 27.5 Å². The van der Waals surface area contributed by atoms with Crippen molar-refractivity contribution in [2.24, 2.45) is 0 Å². The number of hydrogen-bond acceptors (Lipinski definition) is 4. The molecule has 0 spiro atoms. The summed E-state index contributed by atoms with van der Waals surface area (Å²) in [5.41, 5.74) is 6.43. The molecule has 19 heavy (non-hydrogen) atoms. The lowest BCUT2D eigenvalue weighted by Crippen LogP contribution is -2.08. The molecule has 2 N–H and O–H groups in total. The van der Waals surface area contributed by atoms with Crippen molar-refractivity contribution in [2.75, 3.05) is 5.73 Å².